The van der Waals surface area contributed by atoms with E-state index >= 15 is 0 Å². The molecule has 2 saturated heterocycles. The molecule has 0 aromatic heterocycles. The zero-order valence-corrected chi connectivity index (χ0v) is 12.2. The lowest BCUT2D eigenvalue weighted by molar-refractivity contribution is -0.00719. The van der Waals surface area contributed by atoms with Crippen LogP contribution in [0.15, 0.2) is 0 Å². The third kappa shape index (κ3) is 4.41. The molecule has 0 aliphatic carbocycles. The second kappa shape index (κ2) is 7.13. The minimum atomic E-state index is -0.411. The largest absolute Gasteiger partial charge is 0.390 e. The molecule has 2 fully saturated rings. The Hall–Kier alpha value is 0.230. The van der Waals surface area contributed by atoms with Gasteiger partial charge in [-0.2, -0.15) is 11.8 Å². The highest BCUT2D eigenvalue weighted by atomic mass is 32.2. The summed E-state index contributed by atoms with van der Waals surface area (Å²) in [6.45, 7) is 2.06. The smallest absolute Gasteiger partial charge is 0.0700 e. The summed E-state index contributed by atoms with van der Waals surface area (Å²) >= 11 is 2.12. The van der Waals surface area contributed by atoms with Crippen molar-refractivity contribution in [3.05, 3.63) is 0 Å². The van der Waals surface area contributed by atoms with Crippen molar-refractivity contribution in [2.45, 2.75) is 61.0 Å². The molecule has 2 heterocycles. The van der Waals surface area contributed by atoms with Gasteiger partial charge in [-0.05, 0) is 38.5 Å². The van der Waals surface area contributed by atoms with Crippen LogP contribution in [0.5, 0.6) is 0 Å². The standard InChI is InChI=1S/C14H26O3S/c1-16-8-9-17-7-3-6-14(15)10-12-4-2-5-13(11-14)18-12/h12-13,15H,2-11H2,1H3. The number of methoxy groups -OCH3 is 1. The Kier molecular flexibility index (Phi) is 5.80. The van der Waals surface area contributed by atoms with E-state index in [1.165, 1.54) is 19.3 Å². The van der Waals surface area contributed by atoms with E-state index in [0.717, 1.165) is 32.3 Å². The van der Waals surface area contributed by atoms with Crippen molar-refractivity contribution in [1.82, 2.24) is 0 Å². The van der Waals surface area contributed by atoms with Crippen molar-refractivity contribution in [3.8, 4) is 0 Å². The van der Waals surface area contributed by atoms with E-state index in [1.54, 1.807) is 7.11 Å². The molecule has 0 aromatic carbocycles. The van der Waals surface area contributed by atoms with Crippen LogP contribution in [0.4, 0.5) is 0 Å². The maximum Gasteiger partial charge on any atom is 0.0700 e. The molecule has 4 heteroatoms. The first-order chi connectivity index (χ1) is 8.72. The van der Waals surface area contributed by atoms with Gasteiger partial charge >= 0.3 is 0 Å². The van der Waals surface area contributed by atoms with Gasteiger partial charge in [-0.1, -0.05) is 6.42 Å². The van der Waals surface area contributed by atoms with Crippen LogP contribution >= 0.6 is 11.8 Å². The minimum Gasteiger partial charge on any atom is -0.390 e. The average Bonchev–Trinajstić information content (AvgIpc) is 2.33. The SMILES string of the molecule is COCCOCCCC1(O)CC2CCCC(C1)S2. The number of thioether (sulfide) groups is 1. The molecular weight excluding hydrogens is 248 g/mol. The molecule has 2 atom stereocenters. The second-order valence-electron chi connectivity index (χ2n) is 5.65. The lowest BCUT2D eigenvalue weighted by Gasteiger charge is -2.44. The van der Waals surface area contributed by atoms with Crippen molar-refractivity contribution in [1.29, 1.82) is 0 Å². The van der Waals surface area contributed by atoms with Gasteiger partial charge in [0.1, 0.15) is 0 Å². The summed E-state index contributed by atoms with van der Waals surface area (Å²) in [5.41, 5.74) is -0.411. The molecule has 0 amide bonds. The summed E-state index contributed by atoms with van der Waals surface area (Å²) in [6, 6.07) is 0. The molecule has 2 rings (SSSR count). The highest BCUT2D eigenvalue weighted by Crippen LogP contribution is 2.46. The summed E-state index contributed by atoms with van der Waals surface area (Å²) in [7, 11) is 1.69. The predicted octanol–water partition coefficient (Wildman–Crippen LogP) is 2.61. The molecule has 2 aliphatic rings. The Labute approximate surface area is 115 Å². The van der Waals surface area contributed by atoms with Gasteiger partial charge in [-0.25, -0.2) is 0 Å². The Bertz CT molecular complexity index is 235. The van der Waals surface area contributed by atoms with Crippen LogP contribution in [-0.2, 0) is 9.47 Å². The molecule has 0 spiro atoms. The first-order valence-corrected chi connectivity index (χ1v) is 8.11. The van der Waals surface area contributed by atoms with Crippen LogP contribution in [-0.4, -0.2) is 48.1 Å². The van der Waals surface area contributed by atoms with Crippen LogP contribution in [0.3, 0.4) is 0 Å². The van der Waals surface area contributed by atoms with Crippen molar-refractivity contribution in [2.24, 2.45) is 0 Å². The third-order valence-corrected chi connectivity index (χ3v) is 5.59. The van der Waals surface area contributed by atoms with E-state index in [9.17, 15) is 5.11 Å². The number of ether oxygens (including phenoxy) is 2. The summed E-state index contributed by atoms with van der Waals surface area (Å²) in [5.74, 6) is 0. The summed E-state index contributed by atoms with van der Waals surface area (Å²) in [5, 5.41) is 12.1. The van der Waals surface area contributed by atoms with Gasteiger partial charge in [-0.3, -0.25) is 0 Å². The van der Waals surface area contributed by atoms with Gasteiger partial charge in [0.15, 0.2) is 0 Å². The zero-order valence-electron chi connectivity index (χ0n) is 11.4. The fourth-order valence-electron chi connectivity index (χ4n) is 3.16. The maximum atomic E-state index is 10.7. The number of rotatable bonds is 7. The first kappa shape index (κ1) is 14.6. The fourth-order valence-corrected chi connectivity index (χ4v) is 5.13. The quantitative estimate of drug-likeness (QED) is 0.724. The van der Waals surface area contributed by atoms with Crippen LogP contribution in [0.1, 0.15) is 44.9 Å². The van der Waals surface area contributed by atoms with Crippen LogP contribution < -0.4 is 0 Å². The second-order valence-corrected chi connectivity index (χ2v) is 7.26. The Morgan fingerprint density at radius 3 is 2.56 bits per heavy atom. The van der Waals surface area contributed by atoms with Gasteiger partial charge in [0.25, 0.3) is 0 Å². The molecule has 106 valence electrons. The van der Waals surface area contributed by atoms with E-state index < -0.39 is 5.60 Å². The van der Waals surface area contributed by atoms with E-state index in [-0.39, 0.29) is 0 Å². The first-order valence-electron chi connectivity index (χ1n) is 7.16. The van der Waals surface area contributed by atoms with E-state index in [4.69, 9.17) is 9.47 Å². The molecule has 0 aromatic rings. The van der Waals surface area contributed by atoms with Crippen LogP contribution in [0.25, 0.3) is 0 Å². The lowest BCUT2D eigenvalue weighted by Crippen LogP contribution is -2.42. The van der Waals surface area contributed by atoms with E-state index in [2.05, 4.69) is 11.8 Å². The molecule has 1 N–H and O–H groups in total. The van der Waals surface area contributed by atoms with Crippen molar-refractivity contribution in [2.75, 3.05) is 26.9 Å². The third-order valence-electron chi connectivity index (χ3n) is 4.01. The van der Waals surface area contributed by atoms with Gasteiger partial charge in [0, 0.05) is 24.2 Å². The fraction of sp³-hybridized carbons (Fsp3) is 1.00. The Morgan fingerprint density at radius 2 is 1.89 bits per heavy atom. The highest BCUT2D eigenvalue weighted by Gasteiger charge is 2.40. The molecule has 3 nitrogen and oxygen atoms in total. The summed E-state index contributed by atoms with van der Waals surface area (Å²) < 4.78 is 10.4. The number of fused-ring (bicyclic) bond motifs is 2. The normalized spacial score (nSPS) is 35.7. The number of hydrogen-bond donors (Lipinski definition) is 1. The number of aliphatic hydroxyl groups is 1. The topological polar surface area (TPSA) is 38.7 Å². The summed E-state index contributed by atoms with van der Waals surface area (Å²) in [6.07, 6.45) is 7.80. The molecule has 0 radical (unpaired) electrons. The Morgan fingerprint density at radius 1 is 1.17 bits per heavy atom. The van der Waals surface area contributed by atoms with Crippen LogP contribution in [0, 0.1) is 0 Å². The molecular formula is C14H26O3S. The molecule has 18 heavy (non-hydrogen) atoms. The van der Waals surface area contributed by atoms with E-state index in [1.807, 2.05) is 0 Å². The van der Waals surface area contributed by atoms with Crippen molar-refractivity contribution < 1.29 is 14.6 Å². The van der Waals surface area contributed by atoms with Gasteiger partial charge < -0.3 is 14.6 Å². The van der Waals surface area contributed by atoms with Gasteiger partial charge in [0.2, 0.25) is 0 Å². The van der Waals surface area contributed by atoms with Gasteiger partial charge in [0.05, 0.1) is 18.8 Å². The van der Waals surface area contributed by atoms with Crippen molar-refractivity contribution >= 4 is 11.8 Å². The maximum absolute atomic E-state index is 10.7. The monoisotopic (exact) mass is 274 g/mol. The zero-order chi connectivity index (χ0) is 12.8. The predicted molar refractivity (Wildman–Crippen MR) is 75.1 cm³/mol. The minimum absolute atomic E-state index is 0.411. The molecule has 2 bridgehead atoms. The van der Waals surface area contributed by atoms with Crippen LogP contribution in [0.2, 0.25) is 0 Å². The molecule has 2 aliphatic heterocycles. The molecule has 0 saturated carbocycles. The van der Waals surface area contributed by atoms with Gasteiger partial charge in [-0.15, -0.1) is 0 Å². The average molecular weight is 274 g/mol. The lowest BCUT2D eigenvalue weighted by atomic mass is 9.82. The van der Waals surface area contributed by atoms with E-state index in [0.29, 0.717) is 23.7 Å². The Balaban J connectivity index is 1.65. The summed E-state index contributed by atoms with van der Waals surface area (Å²) in [4.78, 5) is 0. The van der Waals surface area contributed by atoms with Crippen molar-refractivity contribution in [3.63, 3.8) is 0 Å². The highest BCUT2D eigenvalue weighted by molar-refractivity contribution is 8.00. The number of hydrogen-bond acceptors (Lipinski definition) is 4. The molecule has 2 unspecified atom stereocenters.